The molecule has 0 fully saturated rings. The average molecular weight is 351 g/mol. The third kappa shape index (κ3) is 3.51. The molecule has 0 unspecified atom stereocenters. The van der Waals surface area contributed by atoms with Crippen molar-refractivity contribution in [3.63, 3.8) is 0 Å². The number of nitrogens with zero attached hydrogens (tertiary/aromatic N) is 4. The van der Waals surface area contributed by atoms with Gasteiger partial charge in [-0.25, -0.2) is 4.68 Å². The van der Waals surface area contributed by atoms with Gasteiger partial charge in [0.05, 0.1) is 18.5 Å². The molecule has 1 amide bonds. The van der Waals surface area contributed by atoms with Crippen LogP contribution in [-0.4, -0.2) is 42.1 Å². The van der Waals surface area contributed by atoms with E-state index in [0.717, 1.165) is 11.4 Å². The van der Waals surface area contributed by atoms with Crippen LogP contribution in [0.15, 0.2) is 48.5 Å². The van der Waals surface area contributed by atoms with Crippen molar-refractivity contribution < 1.29 is 9.53 Å². The van der Waals surface area contributed by atoms with E-state index < -0.39 is 0 Å². The Balaban J connectivity index is 1.85. The van der Waals surface area contributed by atoms with Gasteiger partial charge in [-0.1, -0.05) is 17.3 Å². The van der Waals surface area contributed by atoms with Gasteiger partial charge < -0.3 is 15.0 Å². The molecule has 7 nitrogen and oxygen atoms in total. The van der Waals surface area contributed by atoms with Gasteiger partial charge in [0.2, 0.25) is 0 Å². The predicted octanol–water partition coefficient (Wildman–Crippen LogP) is 2.90. The van der Waals surface area contributed by atoms with E-state index in [1.165, 1.54) is 0 Å². The van der Waals surface area contributed by atoms with Crippen molar-refractivity contribution in [2.45, 2.75) is 6.92 Å². The van der Waals surface area contributed by atoms with E-state index in [1.807, 2.05) is 74.4 Å². The van der Waals surface area contributed by atoms with Crippen molar-refractivity contribution in [1.82, 2.24) is 15.0 Å². The van der Waals surface area contributed by atoms with Gasteiger partial charge in [-0.05, 0) is 37.3 Å². The first-order chi connectivity index (χ1) is 12.5. The maximum atomic E-state index is 12.6. The third-order valence-corrected chi connectivity index (χ3v) is 4.03. The van der Waals surface area contributed by atoms with Crippen molar-refractivity contribution in [2.24, 2.45) is 0 Å². The zero-order chi connectivity index (χ0) is 18.7. The maximum Gasteiger partial charge on any atom is 0.278 e. The number of rotatable bonds is 5. The van der Waals surface area contributed by atoms with E-state index >= 15 is 0 Å². The van der Waals surface area contributed by atoms with Crippen molar-refractivity contribution in [3.05, 3.63) is 59.9 Å². The number of methoxy groups -OCH3 is 1. The van der Waals surface area contributed by atoms with Crippen LogP contribution in [0.4, 0.5) is 11.4 Å². The average Bonchev–Trinajstić information content (AvgIpc) is 3.03. The van der Waals surface area contributed by atoms with Crippen LogP contribution < -0.4 is 15.0 Å². The van der Waals surface area contributed by atoms with Crippen molar-refractivity contribution in [3.8, 4) is 11.4 Å². The molecule has 1 N–H and O–H groups in total. The highest BCUT2D eigenvalue weighted by Crippen LogP contribution is 2.20. The summed E-state index contributed by atoms with van der Waals surface area (Å²) in [5.74, 6) is 0.413. The molecule has 2 aromatic carbocycles. The van der Waals surface area contributed by atoms with Gasteiger partial charge in [0.25, 0.3) is 5.91 Å². The standard InChI is InChI=1S/C19H21N5O2/c1-13-18(19(25)20-14-7-5-8-15(11-14)23(2)3)21-22-24(13)16-9-6-10-17(12-16)26-4/h5-12H,1-4H3,(H,20,25). The molecular formula is C19H21N5O2. The Hall–Kier alpha value is -3.35. The number of carbonyl (C=O) groups is 1. The molecule has 0 bridgehead atoms. The summed E-state index contributed by atoms with van der Waals surface area (Å²) in [6.07, 6.45) is 0. The highest BCUT2D eigenvalue weighted by molar-refractivity contribution is 6.03. The number of hydrogen-bond donors (Lipinski definition) is 1. The molecule has 1 aromatic heterocycles. The SMILES string of the molecule is COc1cccc(-n2nnc(C(=O)Nc3cccc(N(C)C)c3)c2C)c1. The van der Waals surface area contributed by atoms with Gasteiger partial charge in [0.15, 0.2) is 5.69 Å². The lowest BCUT2D eigenvalue weighted by atomic mass is 10.2. The van der Waals surface area contributed by atoms with Crippen molar-refractivity contribution in [1.29, 1.82) is 0 Å². The second kappa shape index (κ2) is 7.26. The molecular weight excluding hydrogens is 330 g/mol. The fourth-order valence-corrected chi connectivity index (χ4v) is 2.58. The molecule has 0 aliphatic carbocycles. The van der Waals surface area contributed by atoms with Gasteiger partial charge in [0.1, 0.15) is 5.75 Å². The summed E-state index contributed by atoms with van der Waals surface area (Å²) in [5, 5.41) is 11.0. The van der Waals surface area contributed by atoms with Crippen LogP contribution in [0.2, 0.25) is 0 Å². The van der Waals surface area contributed by atoms with Crippen LogP contribution in [0, 0.1) is 6.92 Å². The lowest BCUT2D eigenvalue weighted by Gasteiger charge is -2.13. The van der Waals surface area contributed by atoms with Crippen LogP contribution in [0.1, 0.15) is 16.2 Å². The molecule has 134 valence electrons. The summed E-state index contributed by atoms with van der Waals surface area (Å²) in [4.78, 5) is 14.6. The van der Waals surface area contributed by atoms with Crippen LogP contribution in [0.5, 0.6) is 5.75 Å². The highest BCUT2D eigenvalue weighted by Gasteiger charge is 2.18. The number of hydrogen-bond acceptors (Lipinski definition) is 5. The summed E-state index contributed by atoms with van der Waals surface area (Å²) in [5.41, 5.74) is 3.42. The molecule has 0 aliphatic rings. The molecule has 1 heterocycles. The Kier molecular flexibility index (Phi) is 4.88. The first-order valence-corrected chi connectivity index (χ1v) is 8.15. The third-order valence-electron chi connectivity index (χ3n) is 4.03. The molecule has 0 atom stereocenters. The number of nitrogens with one attached hydrogen (secondary N) is 1. The van der Waals surface area contributed by atoms with Crippen LogP contribution >= 0.6 is 0 Å². The Morgan fingerprint density at radius 3 is 2.65 bits per heavy atom. The molecule has 7 heteroatoms. The molecule has 26 heavy (non-hydrogen) atoms. The lowest BCUT2D eigenvalue weighted by molar-refractivity contribution is 0.102. The smallest absolute Gasteiger partial charge is 0.278 e. The van der Waals surface area contributed by atoms with Gasteiger partial charge in [-0.3, -0.25) is 4.79 Å². The zero-order valence-corrected chi connectivity index (χ0v) is 15.2. The number of aromatic nitrogens is 3. The molecule has 0 spiro atoms. The quantitative estimate of drug-likeness (QED) is 0.765. The van der Waals surface area contributed by atoms with Crippen molar-refractivity contribution in [2.75, 3.05) is 31.4 Å². The normalized spacial score (nSPS) is 10.5. The fraction of sp³-hybridized carbons (Fsp3) is 0.211. The number of amides is 1. The number of carbonyl (C=O) groups excluding carboxylic acids is 1. The van der Waals surface area contributed by atoms with Crippen LogP contribution in [0.3, 0.4) is 0 Å². The first-order valence-electron chi connectivity index (χ1n) is 8.15. The molecule has 3 rings (SSSR count). The summed E-state index contributed by atoms with van der Waals surface area (Å²) >= 11 is 0. The Morgan fingerprint density at radius 1 is 1.15 bits per heavy atom. The number of benzene rings is 2. The zero-order valence-electron chi connectivity index (χ0n) is 15.2. The van der Waals surface area contributed by atoms with E-state index in [9.17, 15) is 4.79 Å². The summed E-state index contributed by atoms with van der Waals surface area (Å²) in [6.45, 7) is 1.81. The van der Waals surface area contributed by atoms with Gasteiger partial charge in [0, 0.05) is 31.5 Å². The monoisotopic (exact) mass is 351 g/mol. The van der Waals surface area contributed by atoms with E-state index in [1.54, 1.807) is 11.8 Å². The Morgan fingerprint density at radius 2 is 1.92 bits per heavy atom. The summed E-state index contributed by atoms with van der Waals surface area (Å²) in [7, 11) is 5.50. The maximum absolute atomic E-state index is 12.6. The van der Waals surface area contributed by atoms with Crippen LogP contribution in [0.25, 0.3) is 5.69 Å². The number of ether oxygens (including phenoxy) is 1. The lowest BCUT2D eigenvalue weighted by Crippen LogP contribution is -2.15. The minimum Gasteiger partial charge on any atom is -0.497 e. The van der Waals surface area contributed by atoms with E-state index in [4.69, 9.17) is 4.74 Å². The predicted molar refractivity (Wildman–Crippen MR) is 101 cm³/mol. The van der Waals surface area contributed by atoms with Gasteiger partial charge >= 0.3 is 0 Å². The Bertz CT molecular complexity index is 933. The van der Waals surface area contributed by atoms with E-state index in [-0.39, 0.29) is 11.6 Å². The highest BCUT2D eigenvalue weighted by atomic mass is 16.5. The second-order valence-corrected chi connectivity index (χ2v) is 6.04. The summed E-state index contributed by atoms with van der Waals surface area (Å²) in [6, 6.07) is 15.0. The molecule has 0 saturated carbocycles. The first kappa shape index (κ1) is 17.5. The topological polar surface area (TPSA) is 72.3 Å². The van der Waals surface area contributed by atoms with E-state index in [2.05, 4.69) is 15.6 Å². The number of anilines is 2. The largest absolute Gasteiger partial charge is 0.497 e. The molecule has 0 aliphatic heterocycles. The van der Waals surface area contributed by atoms with Crippen molar-refractivity contribution >= 4 is 17.3 Å². The Labute approximate surface area is 152 Å². The summed E-state index contributed by atoms with van der Waals surface area (Å²) < 4.78 is 6.85. The molecule has 3 aromatic rings. The van der Waals surface area contributed by atoms with Gasteiger partial charge in [-0.15, -0.1) is 5.10 Å². The molecule has 0 radical (unpaired) electrons. The minimum atomic E-state index is -0.299. The van der Waals surface area contributed by atoms with E-state index in [0.29, 0.717) is 17.1 Å². The van der Waals surface area contributed by atoms with Crippen LogP contribution in [-0.2, 0) is 0 Å². The second-order valence-electron chi connectivity index (χ2n) is 6.04. The minimum absolute atomic E-state index is 0.281. The van der Waals surface area contributed by atoms with Gasteiger partial charge in [-0.2, -0.15) is 0 Å². The fourth-order valence-electron chi connectivity index (χ4n) is 2.58. The molecule has 0 saturated heterocycles.